The van der Waals surface area contributed by atoms with E-state index in [1.54, 1.807) is 0 Å². The molecule has 166 valence electrons. The standard InChI is InChI=1S/C24H28N6O2/c1-2-16-6-3-4-7-18(16)26-24-28-22(27-23(25)29-24)15-30-11-5-8-19(30)17-9-10-20-21(14-17)32-13-12-31-20/h3-4,6-7,9-10,14,19H,2,5,8,11-13,15H2,1H3,(H3,25,26,27,28,29)/t19-/m0/s1. The Hall–Kier alpha value is -3.39. The molecule has 2 aromatic carbocycles. The summed E-state index contributed by atoms with van der Waals surface area (Å²) in [4.78, 5) is 15.8. The minimum Gasteiger partial charge on any atom is -0.486 e. The van der Waals surface area contributed by atoms with Crippen LogP contribution in [0.15, 0.2) is 42.5 Å². The van der Waals surface area contributed by atoms with Gasteiger partial charge in [0.2, 0.25) is 11.9 Å². The van der Waals surface area contributed by atoms with Crippen LogP contribution in [-0.2, 0) is 13.0 Å². The summed E-state index contributed by atoms with van der Waals surface area (Å²) in [5.74, 6) is 3.01. The number of anilines is 3. The second-order valence-electron chi connectivity index (χ2n) is 8.10. The van der Waals surface area contributed by atoms with Crippen molar-refractivity contribution in [2.75, 3.05) is 30.8 Å². The highest BCUT2D eigenvalue weighted by Gasteiger charge is 2.28. The number of nitrogen functional groups attached to an aromatic ring is 1. The number of hydrogen-bond acceptors (Lipinski definition) is 8. The van der Waals surface area contributed by atoms with Crippen molar-refractivity contribution in [3.8, 4) is 11.5 Å². The SMILES string of the molecule is CCc1ccccc1Nc1nc(N)nc(CN2CCC[C@H]2c2ccc3c(c2)OCCO3)n1. The monoisotopic (exact) mass is 432 g/mol. The summed E-state index contributed by atoms with van der Waals surface area (Å²) in [6.45, 7) is 4.90. The van der Waals surface area contributed by atoms with Crippen LogP contribution in [0.25, 0.3) is 0 Å². The second-order valence-corrected chi connectivity index (χ2v) is 8.10. The van der Waals surface area contributed by atoms with Gasteiger partial charge in [0.25, 0.3) is 0 Å². The summed E-state index contributed by atoms with van der Waals surface area (Å²) in [6, 6.07) is 14.7. The Bertz CT molecular complexity index is 1110. The minimum absolute atomic E-state index is 0.224. The van der Waals surface area contributed by atoms with Crippen molar-refractivity contribution in [1.82, 2.24) is 19.9 Å². The molecule has 2 aliphatic heterocycles. The van der Waals surface area contributed by atoms with Gasteiger partial charge in [-0.3, -0.25) is 4.90 Å². The number of aromatic nitrogens is 3. The fourth-order valence-corrected chi connectivity index (χ4v) is 4.48. The molecule has 8 nitrogen and oxygen atoms in total. The molecule has 0 spiro atoms. The third-order valence-corrected chi connectivity index (χ3v) is 6.00. The first-order valence-electron chi connectivity index (χ1n) is 11.2. The van der Waals surface area contributed by atoms with E-state index >= 15 is 0 Å². The predicted molar refractivity (Wildman–Crippen MR) is 123 cm³/mol. The van der Waals surface area contributed by atoms with Gasteiger partial charge in [0.15, 0.2) is 11.5 Å². The van der Waals surface area contributed by atoms with Gasteiger partial charge in [-0.25, -0.2) is 0 Å². The summed E-state index contributed by atoms with van der Waals surface area (Å²) in [5.41, 5.74) is 9.44. The van der Waals surface area contributed by atoms with Gasteiger partial charge < -0.3 is 20.5 Å². The van der Waals surface area contributed by atoms with E-state index in [4.69, 9.17) is 15.2 Å². The van der Waals surface area contributed by atoms with Crippen LogP contribution in [0.1, 0.15) is 42.8 Å². The van der Waals surface area contributed by atoms with Gasteiger partial charge in [0, 0.05) is 11.7 Å². The van der Waals surface area contributed by atoms with Gasteiger partial charge in [0.05, 0.1) is 6.54 Å². The molecule has 0 saturated carbocycles. The van der Waals surface area contributed by atoms with Crippen LogP contribution in [0.2, 0.25) is 0 Å². The fraction of sp³-hybridized carbons (Fsp3) is 0.375. The molecule has 3 heterocycles. The van der Waals surface area contributed by atoms with Crippen LogP contribution in [0.4, 0.5) is 17.6 Å². The minimum atomic E-state index is 0.224. The molecule has 32 heavy (non-hydrogen) atoms. The van der Waals surface area contributed by atoms with Crippen molar-refractivity contribution in [2.24, 2.45) is 0 Å². The van der Waals surface area contributed by atoms with Crippen LogP contribution in [0.5, 0.6) is 11.5 Å². The Labute approximate surface area is 187 Å². The fourth-order valence-electron chi connectivity index (χ4n) is 4.48. The first-order chi connectivity index (χ1) is 15.7. The van der Waals surface area contributed by atoms with Crippen molar-refractivity contribution < 1.29 is 9.47 Å². The molecule has 1 fully saturated rings. The lowest BCUT2D eigenvalue weighted by molar-refractivity contribution is 0.170. The van der Waals surface area contributed by atoms with E-state index in [0.717, 1.165) is 43.0 Å². The van der Waals surface area contributed by atoms with Crippen molar-refractivity contribution in [3.63, 3.8) is 0 Å². The van der Waals surface area contributed by atoms with Gasteiger partial charge in [0.1, 0.15) is 19.0 Å². The zero-order valence-electron chi connectivity index (χ0n) is 18.3. The highest BCUT2D eigenvalue weighted by atomic mass is 16.6. The normalized spacial score (nSPS) is 18.0. The maximum atomic E-state index is 6.03. The lowest BCUT2D eigenvalue weighted by atomic mass is 10.0. The first-order valence-corrected chi connectivity index (χ1v) is 11.2. The molecule has 0 unspecified atom stereocenters. The zero-order chi connectivity index (χ0) is 21.9. The average Bonchev–Trinajstić information content (AvgIpc) is 3.27. The van der Waals surface area contributed by atoms with Crippen LogP contribution < -0.4 is 20.5 Å². The number of fused-ring (bicyclic) bond motifs is 1. The molecule has 5 rings (SSSR count). The van der Waals surface area contributed by atoms with Crippen molar-refractivity contribution in [2.45, 2.75) is 38.8 Å². The number of aryl methyl sites for hydroxylation is 1. The van der Waals surface area contributed by atoms with Crippen molar-refractivity contribution >= 4 is 17.6 Å². The van der Waals surface area contributed by atoms with Gasteiger partial charge in [-0.2, -0.15) is 15.0 Å². The molecule has 0 radical (unpaired) electrons. The van der Waals surface area contributed by atoms with E-state index < -0.39 is 0 Å². The van der Waals surface area contributed by atoms with E-state index in [0.29, 0.717) is 31.5 Å². The van der Waals surface area contributed by atoms with Crippen LogP contribution in [0, 0.1) is 0 Å². The lowest BCUT2D eigenvalue weighted by Gasteiger charge is -2.26. The van der Waals surface area contributed by atoms with E-state index in [1.165, 1.54) is 11.1 Å². The lowest BCUT2D eigenvalue weighted by Crippen LogP contribution is -2.25. The van der Waals surface area contributed by atoms with Crippen molar-refractivity contribution in [1.29, 1.82) is 0 Å². The number of benzene rings is 2. The maximum absolute atomic E-state index is 6.03. The summed E-state index contributed by atoms with van der Waals surface area (Å²) in [6.07, 6.45) is 3.12. The zero-order valence-corrected chi connectivity index (χ0v) is 18.3. The summed E-state index contributed by atoms with van der Waals surface area (Å²) < 4.78 is 11.5. The molecule has 1 atom stereocenters. The number of rotatable bonds is 6. The van der Waals surface area contributed by atoms with Crippen LogP contribution in [-0.4, -0.2) is 39.6 Å². The molecule has 3 N–H and O–H groups in total. The number of likely N-dealkylation sites (tertiary alicyclic amines) is 1. The Morgan fingerprint density at radius 3 is 2.78 bits per heavy atom. The number of ether oxygens (including phenoxy) is 2. The van der Waals surface area contributed by atoms with E-state index in [-0.39, 0.29) is 12.0 Å². The average molecular weight is 433 g/mol. The maximum Gasteiger partial charge on any atom is 0.232 e. The predicted octanol–water partition coefficient (Wildman–Crippen LogP) is 3.87. The topological polar surface area (TPSA) is 98.4 Å². The van der Waals surface area contributed by atoms with Gasteiger partial charge >= 0.3 is 0 Å². The largest absolute Gasteiger partial charge is 0.486 e. The molecule has 1 saturated heterocycles. The number of nitrogens with two attached hydrogens (primary N) is 1. The summed E-state index contributed by atoms with van der Waals surface area (Å²) in [7, 11) is 0. The number of nitrogens with one attached hydrogen (secondary N) is 1. The van der Waals surface area contributed by atoms with Crippen LogP contribution >= 0.6 is 0 Å². The first kappa shape index (κ1) is 20.5. The molecule has 0 amide bonds. The molecular formula is C24H28N6O2. The summed E-state index contributed by atoms with van der Waals surface area (Å²) in [5, 5.41) is 3.32. The highest BCUT2D eigenvalue weighted by molar-refractivity contribution is 5.58. The van der Waals surface area contributed by atoms with E-state index in [9.17, 15) is 0 Å². The summed E-state index contributed by atoms with van der Waals surface area (Å²) >= 11 is 0. The quantitative estimate of drug-likeness (QED) is 0.606. The Kier molecular flexibility index (Phi) is 5.77. The van der Waals surface area contributed by atoms with Crippen molar-refractivity contribution in [3.05, 3.63) is 59.4 Å². The molecule has 2 aliphatic rings. The molecule has 0 aliphatic carbocycles. The Morgan fingerprint density at radius 1 is 1.06 bits per heavy atom. The van der Waals surface area contributed by atoms with Gasteiger partial charge in [-0.15, -0.1) is 0 Å². The second kappa shape index (κ2) is 9.00. The number of para-hydroxylation sites is 1. The number of nitrogens with zero attached hydrogens (tertiary/aromatic N) is 4. The Morgan fingerprint density at radius 2 is 1.91 bits per heavy atom. The third-order valence-electron chi connectivity index (χ3n) is 6.00. The molecular weight excluding hydrogens is 404 g/mol. The van der Waals surface area contributed by atoms with E-state index in [2.05, 4.69) is 50.3 Å². The molecule has 8 heteroatoms. The highest BCUT2D eigenvalue weighted by Crippen LogP contribution is 2.38. The number of hydrogen-bond donors (Lipinski definition) is 2. The Balaban J connectivity index is 1.35. The van der Waals surface area contributed by atoms with Crippen LogP contribution in [0.3, 0.4) is 0 Å². The molecule has 3 aromatic rings. The van der Waals surface area contributed by atoms with E-state index in [1.807, 2.05) is 24.3 Å². The third kappa shape index (κ3) is 4.31. The van der Waals surface area contributed by atoms with Gasteiger partial charge in [-0.1, -0.05) is 31.2 Å². The smallest absolute Gasteiger partial charge is 0.232 e. The molecule has 0 bridgehead atoms. The van der Waals surface area contributed by atoms with Gasteiger partial charge in [-0.05, 0) is 55.1 Å². The molecule has 1 aromatic heterocycles.